The molecule has 1 atom stereocenters. The highest BCUT2D eigenvalue weighted by molar-refractivity contribution is 5.09. The first-order valence-electron chi connectivity index (χ1n) is 7.90. The zero-order valence-electron chi connectivity index (χ0n) is 12.8. The van der Waals surface area contributed by atoms with E-state index in [1.165, 1.54) is 12.8 Å². The van der Waals surface area contributed by atoms with Crippen LogP contribution in [0.4, 0.5) is 0 Å². The van der Waals surface area contributed by atoms with Crippen molar-refractivity contribution in [3.05, 3.63) is 0 Å². The Bertz CT molecular complexity index is 293. The molecule has 0 aliphatic heterocycles. The van der Waals surface area contributed by atoms with E-state index in [0.29, 0.717) is 19.1 Å². The van der Waals surface area contributed by atoms with Gasteiger partial charge in [-0.2, -0.15) is 0 Å². The summed E-state index contributed by atoms with van der Waals surface area (Å²) in [6.45, 7) is 5.65. The fourth-order valence-corrected chi connectivity index (χ4v) is 4.16. The van der Waals surface area contributed by atoms with E-state index >= 15 is 0 Å². The molecule has 2 aliphatic carbocycles. The van der Waals surface area contributed by atoms with E-state index in [1.807, 2.05) is 0 Å². The van der Waals surface area contributed by atoms with Crippen molar-refractivity contribution in [3.8, 4) is 0 Å². The van der Waals surface area contributed by atoms with Crippen molar-refractivity contribution in [2.45, 2.75) is 58.0 Å². The lowest BCUT2D eigenvalue weighted by atomic mass is 9.58. The van der Waals surface area contributed by atoms with Gasteiger partial charge in [0.25, 0.3) is 0 Å². The van der Waals surface area contributed by atoms with Crippen LogP contribution in [0.15, 0.2) is 0 Å². The number of nitrogens with two attached hydrogens (primary N) is 1. The van der Waals surface area contributed by atoms with Gasteiger partial charge in [-0.05, 0) is 56.3 Å². The predicted octanol–water partition coefficient (Wildman–Crippen LogP) is 2.57. The van der Waals surface area contributed by atoms with Gasteiger partial charge in [-0.1, -0.05) is 13.8 Å². The Balaban J connectivity index is 2.13. The highest BCUT2D eigenvalue weighted by Crippen LogP contribution is 2.55. The summed E-state index contributed by atoms with van der Waals surface area (Å²) in [7, 11) is 1.69. The van der Waals surface area contributed by atoms with Gasteiger partial charge in [0.1, 0.15) is 0 Å². The second-order valence-electron chi connectivity index (χ2n) is 7.20. The van der Waals surface area contributed by atoms with Crippen LogP contribution in [0.25, 0.3) is 0 Å². The van der Waals surface area contributed by atoms with E-state index in [4.69, 9.17) is 10.5 Å². The maximum Gasteiger partial charge on any atom is 0.0975 e. The summed E-state index contributed by atoms with van der Waals surface area (Å²) >= 11 is 0. The molecule has 0 heterocycles. The SMILES string of the molecule is COCC(O)(C1CC1)C1(CN)CCC(C(C)C)CC1. The quantitative estimate of drug-likeness (QED) is 0.779. The molecule has 3 heteroatoms. The van der Waals surface area contributed by atoms with Crippen molar-refractivity contribution in [2.75, 3.05) is 20.3 Å². The zero-order valence-corrected chi connectivity index (χ0v) is 12.8. The zero-order chi connectivity index (χ0) is 14.1. The molecule has 112 valence electrons. The van der Waals surface area contributed by atoms with Crippen LogP contribution >= 0.6 is 0 Å². The third kappa shape index (κ3) is 2.70. The first kappa shape index (κ1) is 15.3. The lowest BCUT2D eigenvalue weighted by Crippen LogP contribution is -2.58. The maximum absolute atomic E-state index is 11.2. The Morgan fingerprint density at radius 2 is 1.84 bits per heavy atom. The van der Waals surface area contributed by atoms with Gasteiger partial charge in [-0.3, -0.25) is 0 Å². The molecule has 0 saturated heterocycles. The fourth-order valence-electron chi connectivity index (χ4n) is 4.16. The van der Waals surface area contributed by atoms with Gasteiger partial charge in [-0.25, -0.2) is 0 Å². The van der Waals surface area contributed by atoms with E-state index < -0.39 is 5.60 Å². The van der Waals surface area contributed by atoms with Gasteiger partial charge in [0, 0.05) is 19.1 Å². The highest BCUT2D eigenvalue weighted by Gasteiger charge is 2.58. The van der Waals surface area contributed by atoms with Crippen LogP contribution in [-0.4, -0.2) is 31.0 Å². The smallest absolute Gasteiger partial charge is 0.0975 e. The molecule has 0 amide bonds. The predicted molar refractivity (Wildman–Crippen MR) is 77.8 cm³/mol. The highest BCUT2D eigenvalue weighted by atomic mass is 16.5. The van der Waals surface area contributed by atoms with Crippen LogP contribution in [0.1, 0.15) is 52.4 Å². The monoisotopic (exact) mass is 269 g/mol. The van der Waals surface area contributed by atoms with Crippen LogP contribution in [0.5, 0.6) is 0 Å². The van der Waals surface area contributed by atoms with Crippen LogP contribution in [0, 0.1) is 23.2 Å². The largest absolute Gasteiger partial charge is 0.387 e. The summed E-state index contributed by atoms with van der Waals surface area (Å²) in [4.78, 5) is 0. The van der Waals surface area contributed by atoms with E-state index in [-0.39, 0.29) is 5.41 Å². The molecule has 0 aromatic heterocycles. The Morgan fingerprint density at radius 1 is 1.26 bits per heavy atom. The minimum absolute atomic E-state index is 0.116. The van der Waals surface area contributed by atoms with Crippen molar-refractivity contribution in [1.29, 1.82) is 0 Å². The molecular weight excluding hydrogens is 238 g/mol. The Labute approximate surface area is 117 Å². The van der Waals surface area contributed by atoms with Gasteiger partial charge >= 0.3 is 0 Å². The second-order valence-corrected chi connectivity index (χ2v) is 7.20. The van der Waals surface area contributed by atoms with Crippen molar-refractivity contribution >= 4 is 0 Å². The molecule has 2 aliphatic rings. The average molecular weight is 269 g/mol. The molecule has 2 rings (SSSR count). The number of hydrogen-bond acceptors (Lipinski definition) is 3. The summed E-state index contributed by atoms with van der Waals surface area (Å²) in [5.41, 5.74) is 5.31. The topological polar surface area (TPSA) is 55.5 Å². The summed E-state index contributed by atoms with van der Waals surface area (Å²) in [5.74, 6) is 1.95. The maximum atomic E-state index is 11.2. The summed E-state index contributed by atoms with van der Waals surface area (Å²) in [6, 6.07) is 0. The second kappa shape index (κ2) is 5.71. The average Bonchev–Trinajstić information content (AvgIpc) is 3.23. The number of hydrogen-bond donors (Lipinski definition) is 2. The number of rotatable bonds is 6. The van der Waals surface area contributed by atoms with Crippen molar-refractivity contribution in [2.24, 2.45) is 28.9 Å². The molecule has 3 N–H and O–H groups in total. The Hall–Kier alpha value is -0.120. The molecule has 2 fully saturated rings. The normalized spacial score (nSPS) is 35.4. The van der Waals surface area contributed by atoms with Crippen LogP contribution in [0.3, 0.4) is 0 Å². The van der Waals surface area contributed by atoms with E-state index in [0.717, 1.165) is 37.5 Å². The van der Waals surface area contributed by atoms with E-state index in [9.17, 15) is 5.11 Å². The van der Waals surface area contributed by atoms with Gasteiger partial charge in [-0.15, -0.1) is 0 Å². The molecule has 1 unspecified atom stereocenters. The van der Waals surface area contributed by atoms with Crippen molar-refractivity contribution in [3.63, 3.8) is 0 Å². The molecule has 0 bridgehead atoms. The van der Waals surface area contributed by atoms with Gasteiger partial charge < -0.3 is 15.6 Å². The lowest BCUT2D eigenvalue weighted by Gasteiger charge is -2.51. The summed E-state index contributed by atoms with van der Waals surface area (Å²) < 4.78 is 5.36. The molecule has 0 aromatic carbocycles. The van der Waals surface area contributed by atoms with Crippen LogP contribution in [-0.2, 0) is 4.74 Å². The van der Waals surface area contributed by atoms with Gasteiger partial charge in [0.05, 0.1) is 12.2 Å². The lowest BCUT2D eigenvalue weighted by molar-refractivity contribution is -0.155. The Kier molecular flexibility index (Phi) is 4.59. The molecule has 3 nitrogen and oxygen atoms in total. The molecule has 19 heavy (non-hydrogen) atoms. The minimum Gasteiger partial charge on any atom is -0.387 e. The number of methoxy groups -OCH3 is 1. The van der Waals surface area contributed by atoms with E-state index in [2.05, 4.69) is 13.8 Å². The third-order valence-corrected chi connectivity index (χ3v) is 5.86. The summed E-state index contributed by atoms with van der Waals surface area (Å²) in [6.07, 6.45) is 6.79. The molecule has 0 aromatic rings. The summed E-state index contributed by atoms with van der Waals surface area (Å²) in [5, 5.41) is 11.2. The standard InChI is InChI=1S/C16H31NO2/c1-12(2)13-6-8-15(10-17,9-7-13)16(18,11-19-3)14-4-5-14/h12-14,18H,4-11,17H2,1-3H3. The minimum atomic E-state index is -0.696. The molecular formula is C16H31NO2. The van der Waals surface area contributed by atoms with Gasteiger partial charge in [0.15, 0.2) is 0 Å². The van der Waals surface area contributed by atoms with Crippen LogP contribution in [0.2, 0.25) is 0 Å². The van der Waals surface area contributed by atoms with Crippen LogP contribution < -0.4 is 5.73 Å². The molecule has 2 saturated carbocycles. The Morgan fingerprint density at radius 3 is 2.21 bits per heavy atom. The molecule has 0 radical (unpaired) electrons. The first-order chi connectivity index (χ1) is 8.99. The van der Waals surface area contributed by atoms with Crippen molar-refractivity contribution in [1.82, 2.24) is 0 Å². The van der Waals surface area contributed by atoms with Crippen molar-refractivity contribution < 1.29 is 9.84 Å². The number of aliphatic hydroxyl groups is 1. The van der Waals surface area contributed by atoms with Gasteiger partial charge in [0.2, 0.25) is 0 Å². The van der Waals surface area contributed by atoms with E-state index in [1.54, 1.807) is 7.11 Å². The fraction of sp³-hybridized carbons (Fsp3) is 1.00. The third-order valence-electron chi connectivity index (χ3n) is 5.86. The number of ether oxygens (including phenoxy) is 1. The molecule has 0 spiro atoms. The first-order valence-corrected chi connectivity index (χ1v) is 7.90.